The minimum Gasteiger partial charge on any atom is -0.494 e. The van der Waals surface area contributed by atoms with Crippen molar-refractivity contribution in [2.75, 3.05) is 12.4 Å². The fourth-order valence-electron chi connectivity index (χ4n) is 2.18. The van der Waals surface area contributed by atoms with Crippen molar-refractivity contribution in [3.63, 3.8) is 0 Å². The Morgan fingerprint density at radius 2 is 1.91 bits per heavy atom. The number of rotatable bonds is 4. The Morgan fingerprint density at radius 3 is 2.52 bits per heavy atom. The summed E-state index contributed by atoms with van der Waals surface area (Å²) in [5.41, 5.74) is 5.42. The summed E-state index contributed by atoms with van der Waals surface area (Å²) in [6, 6.07) is 6.99. The van der Waals surface area contributed by atoms with Crippen molar-refractivity contribution in [1.82, 2.24) is 0 Å². The largest absolute Gasteiger partial charge is 0.494 e. The molecule has 5 nitrogen and oxygen atoms in total. The Balaban J connectivity index is 2.41. The number of carbonyl (C=O) groups is 2. The maximum atomic E-state index is 14.2. The number of aryl methyl sites for hydroxylation is 1. The summed E-state index contributed by atoms with van der Waals surface area (Å²) in [5.74, 6) is -2.26. The van der Waals surface area contributed by atoms with Gasteiger partial charge in [0.1, 0.15) is 11.6 Å². The number of nitrogens with one attached hydrogen (secondary N) is 1. The smallest absolute Gasteiger partial charge is 0.258 e. The molecule has 0 aliphatic heterocycles. The number of primary amides is 1. The van der Waals surface area contributed by atoms with E-state index in [2.05, 4.69) is 5.32 Å². The highest BCUT2D eigenvalue weighted by Gasteiger charge is 2.19. The molecule has 0 spiro atoms. The Labute approximate surface area is 137 Å². The van der Waals surface area contributed by atoms with Gasteiger partial charge < -0.3 is 15.8 Å². The molecular formula is C16H14ClFN2O3. The molecule has 0 fully saturated rings. The van der Waals surface area contributed by atoms with Crippen LogP contribution in [0.4, 0.5) is 10.1 Å². The number of hydrogen-bond acceptors (Lipinski definition) is 3. The molecule has 3 N–H and O–H groups in total. The van der Waals surface area contributed by atoms with E-state index in [1.165, 1.54) is 31.4 Å². The van der Waals surface area contributed by atoms with Crippen LogP contribution in [0, 0.1) is 12.7 Å². The molecule has 7 heteroatoms. The van der Waals surface area contributed by atoms with Crippen LogP contribution in [0.2, 0.25) is 5.02 Å². The lowest BCUT2D eigenvalue weighted by Gasteiger charge is -2.14. The fourth-order valence-corrected chi connectivity index (χ4v) is 2.45. The highest BCUT2D eigenvalue weighted by molar-refractivity contribution is 6.31. The van der Waals surface area contributed by atoms with Crippen molar-refractivity contribution in [3.05, 3.63) is 57.9 Å². The van der Waals surface area contributed by atoms with Crippen LogP contribution in [0.1, 0.15) is 26.3 Å². The molecule has 2 aromatic carbocycles. The molecule has 0 unspecified atom stereocenters. The zero-order chi connectivity index (χ0) is 17.1. The molecular weight excluding hydrogens is 323 g/mol. The van der Waals surface area contributed by atoms with Crippen LogP contribution in [0.15, 0.2) is 30.3 Å². The van der Waals surface area contributed by atoms with Crippen LogP contribution in [0.25, 0.3) is 0 Å². The number of ether oxygens (including phenoxy) is 1. The van der Waals surface area contributed by atoms with E-state index in [4.69, 9.17) is 22.1 Å². The normalized spacial score (nSPS) is 10.3. The van der Waals surface area contributed by atoms with Crippen molar-refractivity contribution < 1.29 is 18.7 Å². The number of hydrogen-bond donors (Lipinski definition) is 2. The molecule has 120 valence electrons. The molecule has 0 radical (unpaired) electrons. The van der Waals surface area contributed by atoms with E-state index >= 15 is 0 Å². The van der Waals surface area contributed by atoms with E-state index < -0.39 is 17.6 Å². The highest BCUT2D eigenvalue weighted by atomic mass is 35.5. The van der Waals surface area contributed by atoms with Gasteiger partial charge >= 0.3 is 0 Å². The van der Waals surface area contributed by atoms with E-state index in [0.29, 0.717) is 22.0 Å². The molecule has 2 aromatic rings. The van der Waals surface area contributed by atoms with E-state index in [1.807, 2.05) is 0 Å². The number of halogens is 2. The van der Waals surface area contributed by atoms with Gasteiger partial charge in [0, 0.05) is 5.02 Å². The van der Waals surface area contributed by atoms with Crippen molar-refractivity contribution in [2.45, 2.75) is 6.92 Å². The zero-order valence-electron chi connectivity index (χ0n) is 12.4. The van der Waals surface area contributed by atoms with Gasteiger partial charge in [-0.3, -0.25) is 9.59 Å². The van der Waals surface area contributed by atoms with Crippen molar-refractivity contribution in [2.24, 2.45) is 5.73 Å². The van der Waals surface area contributed by atoms with Gasteiger partial charge in [0.2, 0.25) is 0 Å². The van der Waals surface area contributed by atoms with Crippen LogP contribution in [-0.4, -0.2) is 18.9 Å². The number of anilines is 1. The first kappa shape index (κ1) is 16.8. The third kappa shape index (κ3) is 3.43. The fraction of sp³-hybridized carbons (Fsp3) is 0.125. The molecule has 0 aliphatic rings. The van der Waals surface area contributed by atoms with Gasteiger partial charge in [0.25, 0.3) is 11.8 Å². The van der Waals surface area contributed by atoms with E-state index in [9.17, 15) is 14.0 Å². The average Bonchev–Trinajstić information content (AvgIpc) is 2.46. The lowest BCUT2D eigenvalue weighted by molar-refractivity contribution is 0.0996. The molecule has 0 aliphatic carbocycles. The Bertz CT molecular complexity index is 793. The minimum atomic E-state index is -0.977. The summed E-state index contributed by atoms with van der Waals surface area (Å²) in [6.07, 6.45) is 0. The highest BCUT2D eigenvalue weighted by Crippen LogP contribution is 2.32. The number of amides is 2. The summed E-state index contributed by atoms with van der Waals surface area (Å²) in [7, 11) is 1.44. The van der Waals surface area contributed by atoms with Crippen LogP contribution >= 0.6 is 11.6 Å². The van der Waals surface area contributed by atoms with E-state index in [0.717, 1.165) is 0 Å². The number of carbonyl (C=O) groups excluding carboxylic acids is 2. The van der Waals surface area contributed by atoms with Crippen LogP contribution < -0.4 is 15.8 Å². The second-order valence-electron chi connectivity index (χ2n) is 4.79. The van der Waals surface area contributed by atoms with Gasteiger partial charge in [0.05, 0.1) is 23.9 Å². The number of nitrogens with two attached hydrogens (primary N) is 1. The maximum absolute atomic E-state index is 14.2. The standard InChI is InChI=1S/C16H14ClFN2O3/c1-8-6-9(17)7-12(14(8)23-2)20-16(22)11-5-3-4-10(13(11)18)15(19)21/h3-7H,1-2H3,(H2,19,21)(H,20,22). The predicted molar refractivity (Wildman–Crippen MR) is 85.6 cm³/mol. The minimum absolute atomic E-state index is 0.298. The Kier molecular flexibility index (Phi) is 4.86. The zero-order valence-corrected chi connectivity index (χ0v) is 13.2. The first-order valence-corrected chi connectivity index (χ1v) is 6.96. The lowest BCUT2D eigenvalue weighted by Crippen LogP contribution is -2.19. The first-order valence-electron chi connectivity index (χ1n) is 6.59. The van der Waals surface area contributed by atoms with Crippen molar-refractivity contribution >= 4 is 29.1 Å². The summed E-state index contributed by atoms with van der Waals surface area (Å²) >= 11 is 5.96. The third-order valence-electron chi connectivity index (χ3n) is 3.20. The average molecular weight is 337 g/mol. The molecule has 0 heterocycles. The Hall–Kier alpha value is -2.60. The Morgan fingerprint density at radius 1 is 1.26 bits per heavy atom. The van der Waals surface area contributed by atoms with Crippen molar-refractivity contribution in [1.29, 1.82) is 0 Å². The molecule has 2 amide bonds. The monoisotopic (exact) mass is 336 g/mol. The lowest BCUT2D eigenvalue weighted by atomic mass is 10.1. The third-order valence-corrected chi connectivity index (χ3v) is 3.42. The van der Waals surface area contributed by atoms with Gasteiger partial charge in [-0.15, -0.1) is 0 Å². The van der Waals surface area contributed by atoms with Crippen LogP contribution in [0.5, 0.6) is 5.75 Å². The van der Waals surface area contributed by atoms with Crippen LogP contribution in [-0.2, 0) is 0 Å². The number of benzene rings is 2. The number of methoxy groups -OCH3 is 1. The molecule has 0 atom stereocenters. The molecule has 0 bridgehead atoms. The van der Waals surface area contributed by atoms with E-state index in [1.54, 1.807) is 13.0 Å². The summed E-state index contributed by atoms with van der Waals surface area (Å²) < 4.78 is 19.4. The molecule has 0 aromatic heterocycles. The first-order chi connectivity index (χ1) is 10.8. The van der Waals surface area contributed by atoms with Gasteiger partial charge in [-0.05, 0) is 36.8 Å². The topological polar surface area (TPSA) is 81.4 Å². The van der Waals surface area contributed by atoms with E-state index in [-0.39, 0.29) is 11.1 Å². The predicted octanol–water partition coefficient (Wildman–Crippen LogP) is 3.15. The van der Waals surface area contributed by atoms with Crippen LogP contribution in [0.3, 0.4) is 0 Å². The van der Waals surface area contributed by atoms with Gasteiger partial charge in [-0.1, -0.05) is 17.7 Å². The summed E-state index contributed by atoms with van der Waals surface area (Å²) in [5, 5.41) is 2.92. The van der Waals surface area contributed by atoms with Crippen molar-refractivity contribution in [3.8, 4) is 5.75 Å². The van der Waals surface area contributed by atoms with Gasteiger partial charge in [0.15, 0.2) is 0 Å². The molecule has 2 rings (SSSR count). The summed E-state index contributed by atoms with van der Waals surface area (Å²) in [6.45, 7) is 1.76. The molecule has 0 saturated carbocycles. The van der Waals surface area contributed by atoms with Gasteiger partial charge in [-0.2, -0.15) is 0 Å². The summed E-state index contributed by atoms with van der Waals surface area (Å²) in [4.78, 5) is 23.5. The molecule has 0 saturated heterocycles. The maximum Gasteiger partial charge on any atom is 0.258 e. The SMILES string of the molecule is COc1c(C)cc(Cl)cc1NC(=O)c1cccc(C(N)=O)c1F. The second kappa shape index (κ2) is 6.66. The molecule has 23 heavy (non-hydrogen) atoms. The quantitative estimate of drug-likeness (QED) is 0.899. The second-order valence-corrected chi connectivity index (χ2v) is 5.23. The van der Waals surface area contributed by atoms with Gasteiger partial charge in [-0.25, -0.2) is 4.39 Å².